The van der Waals surface area contributed by atoms with Gasteiger partial charge in [0, 0.05) is 23.1 Å². The molecule has 98 valence electrons. The first-order chi connectivity index (χ1) is 9.10. The number of carbonyl (C=O) groups is 1. The number of hydrogen-bond acceptors (Lipinski definition) is 5. The minimum absolute atomic E-state index is 0.0341. The summed E-state index contributed by atoms with van der Waals surface area (Å²) in [5.41, 5.74) is 1.47. The molecule has 0 aliphatic carbocycles. The average molecular weight is 342 g/mol. The SMILES string of the molecule is O=C(CBr)Nc1nc(-c2ccc([N+](=O)[O-])cc2)cs1. The van der Waals surface area contributed by atoms with Crippen LogP contribution in [0.15, 0.2) is 29.6 Å². The molecule has 0 aliphatic heterocycles. The van der Waals surface area contributed by atoms with E-state index in [0.717, 1.165) is 5.56 Å². The van der Waals surface area contributed by atoms with Gasteiger partial charge in [0.15, 0.2) is 5.13 Å². The van der Waals surface area contributed by atoms with E-state index < -0.39 is 4.92 Å². The van der Waals surface area contributed by atoms with E-state index in [4.69, 9.17) is 0 Å². The van der Waals surface area contributed by atoms with Crippen LogP contribution in [-0.2, 0) is 4.79 Å². The van der Waals surface area contributed by atoms with Gasteiger partial charge in [-0.2, -0.15) is 0 Å². The molecule has 19 heavy (non-hydrogen) atoms. The zero-order chi connectivity index (χ0) is 13.8. The molecule has 6 nitrogen and oxygen atoms in total. The van der Waals surface area contributed by atoms with E-state index in [1.54, 1.807) is 17.5 Å². The van der Waals surface area contributed by atoms with Crippen molar-refractivity contribution in [2.75, 3.05) is 10.6 Å². The number of aromatic nitrogens is 1. The molecule has 0 radical (unpaired) electrons. The molecule has 1 heterocycles. The minimum atomic E-state index is -0.452. The summed E-state index contributed by atoms with van der Waals surface area (Å²) in [4.78, 5) is 25.5. The lowest BCUT2D eigenvalue weighted by Gasteiger charge is -1.97. The first kappa shape index (κ1) is 13.6. The summed E-state index contributed by atoms with van der Waals surface area (Å²) in [6.07, 6.45) is 0. The second kappa shape index (κ2) is 5.89. The molecule has 0 unspecified atom stereocenters. The molecule has 1 amide bonds. The number of thiazole rings is 1. The average Bonchev–Trinajstić information content (AvgIpc) is 2.87. The van der Waals surface area contributed by atoms with Crippen LogP contribution < -0.4 is 5.32 Å². The maximum Gasteiger partial charge on any atom is 0.269 e. The lowest BCUT2D eigenvalue weighted by molar-refractivity contribution is -0.384. The van der Waals surface area contributed by atoms with Crippen molar-refractivity contribution < 1.29 is 9.72 Å². The number of nitro groups is 1. The van der Waals surface area contributed by atoms with Crippen LogP contribution in [0.25, 0.3) is 11.3 Å². The van der Waals surface area contributed by atoms with Crippen molar-refractivity contribution in [3.63, 3.8) is 0 Å². The van der Waals surface area contributed by atoms with Gasteiger partial charge < -0.3 is 5.32 Å². The number of amides is 1. The Morgan fingerprint density at radius 2 is 2.11 bits per heavy atom. The fraction of sp³-hybridized carbons (Fsp3) is 0.0909. The Kier molecular flexibility index (Phi) is 4.23. The zero-order valence-electron chi connectivity index (χ0n) is 9.50. The van der Waals surface area contributed by atoms with E-state index in [-0.39, 0.29) is 16.9 Å². The quantitative estimate of drug-likeness (QED) is 0.526. The van der Waals surface area contributed by atoms with E-state index in [2.05, 4.69) is 26.2 Å². The smallest absolute Gasteiger partial charge is 0.269 e. The molecule has 0 fully saturated rings. The molecule has 1 aromatic carbocycles. The van der Waals surface area contributed by atoms with Crippen molar-refractivity contribution in [3.05, 3.63) is 39.8 Å². The summed E-state index contributed by atoms with van der Waals surface area (Å²) >= 11 is 4.35. The zero-order valence-corrected chi connectivity index (χ0v) is 11.9. The Morgan fingerprint density at radius 1 is 1.42 bits per heavy atom. The number of rotatable bonds is 4. The molecular weight excluding hydrogens is 334 g/mol. The van der Waals surface area contributed by atoms with Crippen LogP contribution >= 0.6 is 27.3 Å². The van der Waals surface area contributed by atoms with E-state index in [0.29, 0.717) is 10.8 Å². The van der Waals surface area contributed by atoms with Gasteiger partial charge in [-0.05, 0) is 12.1 Å². The molecule has 0 saturated heterocycles. The Hall–Kier alpha value is -1.80. The highest BCUT2D eigenvalue weighted by molar-refractivity contribution is 9.09. The van der Waals surface area contributed by atoms with Crippen LogP contribution in [0.4, 0.5) is 10.8 Å². The third-order valence-electron chi connectivity index (χ3n) is 2.25. The molecule has 0 spiro atoms. The molecule has 0 atom stereocenters. The molecule has 2 aromatic rings. The van der Waals surface area contributed by atoms with Gasteiger partial charge in [-0.25, -0.2) is 4.98 Å². The lowest BCUT2D eigenvalue weighted by Crippen LogP contribution is -2.11. The van der Waals surface area contributed by atoms with E-state index in [1.807, 2.05) is 0 Å². The number of nitrogens with zero attached hydrogens (tertiary/aromatic N) is 2. The highest BCUT2D eigenvalue weighted by Crippen LogP contribution is 2.26. The number of alkyl halides is 1. The van der Waals surface area contributed by atoms with E-state index >= 15 is 0 Å². The van der Waals surface area contributed by atoms with Crippen LogP contribution in [0.2, 0.25) is 0 Å². The molecule has 8 heteroatoms. The summed E-state index contributed by atoms with van der Waals surface area (Å²) in [6.45, 7) is 0. The fourth-order valence-corrected chi connectivity index (χ4v) is 2.25. The van der Waals surface area contributed by atoms with Crippen LogP contribution in [0.3, 0.4) is 0 Å². The van der Waals surface area contributed by atoms with Crippen molar-refractivity contribution in [1.29, 1.82) is 0 Å². The molecular formula is C11H8BrN3O3S. The summed E-state index contributed by atoms with van der Waals surface area (Å²) in [5.74, 6) is -0.176. The Labute approximate surface area is 120 Å². The molecule has 0 bridgehead atoms. The van der Waals surface area contributed by atoms with Crippen molar-refractivity contribution >= 4 is 44.0 Å². The Balaban J connectivity index is 2.18. The van der Waals surface area contributed by atoms with Crippen molar-refractivity contribution in [2.45, 2.75) is 0 Å². The van der Waals surface area contributed by atoms with Gasteiger partial charge in [-0.3, -0.25) is 14.9 Å². The first-order valence-corrected chi connectivity index (χ1v) is 7.16. The van der Waals surface area contributed by atoms with Gasteiger partial charge in [-0.15, -0.1) is 11.3 Å². The second-order valence-electron chi connectivity index (χ2n) is 3.52. The fourth-order valence-electron chi connectivity index (χ4n) is 1.37. The summed E-state index contributed by atoms with van der Waals surface area (Å²) < 4.78 is 0. The number of nitrogens with one attached hydrogen (secondary N) is 1. The predicted molar refractivity (Wildman–Crippen MR) is 76.6 cm³/mol. The Bertz CT molecular complexity index is 612. The number of benzene rings is 1. The highest BCUT2D eigenvalue weighted by Gasteiger charge is 2.09. The van der Waals surface area contributed by atoms with Crippen LogP contribution in [0, 0.1) is 10.1 Å². The van der Waals surface area contributed by atoms with Crippen molar-refractivity contribution in [3.8, 4) is 11.3 Å². The Morgan fingerprint density at radius 3 is 2.68 bits per heavy atom. The number of carbonyl (C=O) groups excluding carboxylic acids is 1. The van der Waals surface area contributed by atoms with Gasteiger partial charge in [0.05, 0.1) is 15.9 Å². The topological polar surface area (TPSA) is 85.1 Å². The van der Waals surface area contributed by atoms with Crippen molar-refractivity contribution in [2.24, 2.45) is 0 Å². The van der Waals surface area contributed by atoms with Gasteiger partial charge >= 0.3 is 0 Å². The highest BCUT2D eigenvalue weighted by atomic mass is 79.9. The van der Waals surface area contributed by atoms with Gasteiger partial charge in [0.2, 0.25) is 5.91 Å². The standard InChI is InChI=1S/C11H8BrN3O3S/c12-5-10(16)14-11-13-9(6-19-11)7-1-3-8(4-2-7)15(17)18/h1-4,6H,5H2,(H,13,14,16). The molecule has 1 N–H and O–H groups in total. The predicted octanol–water partition coefficient (Wildman–Crippen LogP) is 3.05. The third kappa shape index (κ3) is 3.36. The second-order valence-corrected chi connectivity index (χ2v) is 4.94. The van der Waals surface area contributed by atoms with Crippen LogP contribution in [0.5, 0.6) is 0 Å². The monoisotopic (exact) mass is 341 g/mol. The van der Waals surface area contributed by atoms with E-state index in [1.165, 1.54) is 23.5 Å². The summed E-state index contributed by atoms with van der Waals surface area (Å²) in [6, 6.07) is 6.10. The number of hydrogen-bond donors (Lipinski definition) is 1. The third-order valence-corrected chi connectivity index (χ3v) is 3.51. The molecule has 0 aliphatic rings. The van der Waals surface area contributed by atoms with Gasteiger partial charge in [0.25, 0.3) is 5.69 Å². The summed E-state index contributed by atoms with van der Waals surface area (Å²) in [7, 11) is 0. The maximum atomic E-state index is 11.2. The van der Waals surface area contributed by atoms with Gasteiger partial charge in [-0.1, -0.05) is 15.9 Å². The minimum Gasteiger partial charge on any atom is -0.301 e. The molecule has 1 aromatic heterocycles. The van der Waals surface area contributed by atoms with Gasteiger partial charge in [0.1, 0.15) is 0 Å². The lowest BCUT2D eigenvalue weighted by atomic mass is 10.1. The number of nitro benzene ring substituents is 1. The normalized spacial score (nSPS) is 10.2. The van der Waals surface area contributed by atoms with E-state index in [9.17, 15) is 14.9 Å². The van der Waals surface area contributed by atoms with Crippen LogP contribution in [0.1, 0.15) is 0 Å². The van der Waals surface area contributed by atoms with Crippen molar-refractivity contribution in [1.82, 2.24) is 4.98 Å². The number of halogens is 1. The summed E-state index contributed by atoms with van der Waals surface area (Å²) in [5, 5.41) is 15.7. The first-order valence-electron chi connectivity index (χ1n) is 5.16. The number of non-ortho nitro benzene ring substituents is 1. The largest absolute Gasteiger partial charge is 0.301 e. The van der Waals surface area contributed by atoms with Crippen LogP contribution in [-0.4, -0.2) is 21.1 Å². The molecule has 0 saturated carbocycles. The number of anilines is 1. The molecule has 2 rings (SSSR count). The maximum absolute atomic E-state index is 11.2.